The van der Waals surface area contributed by atoms with E-state index in [1.165, 1.54) is 0 Å². The lowest BCUT2D eigenvalue weighted by atomic mass is 10.1. The summed E-state index contributed by atoms with van der Waals surface area (Å²) in [5.74, 6) is 0.947. The van der Waals surface area contributed by atoms with E-state index in [4.69, 9.17) is 4.98 Å². The molecule has 0 N–H and O–H groups in total. The number of carbonyl (C=O) groups excluding carboxylic acids is 1. The predicted octanol–water partition coefficient (Wildman–Crippen LogP) is 1.91. The third kappa shape index (κ3) is 2.82. The number of hydrogen-bond acceptors (Lipinski definition) is 4. The van der Waals surface area contributed by atoms with Gasteiger partial charge in [0.05, 0.1) is 22.6 Å². The first kappa shape index (κ1) is 17.2. The summed E-state index contributed by atoms with van der Waals surface area (Å²) in [6.45, 7) is 3.06. The van der Waals surface area contributed by atoms with Crippen molar-refractivity contribution in [3.8, 4) is 0 Å². The number of rotatable bonds is 3. The number of para-hydroxylation sites is 1. The molecule has 2 aliphatic rings. The minimum absolute atomic E-state index is 0.00700. The van der Waals surface area contributed by atoms with Crippen molar-refractivity contribution in [1.82, 2.24) is 24.2 Å². The van der Waals surface area contributed by atoms with Crippen molar-refractivity contribution in [2.24, 2.45) is 0 Å². The molecule has 0 spiro atoms. The third-order valence-electron chi connectivity index (χ3n) is 5.99. The zero-order valence-corrected chi connectivity index (χ0v) is 15.9. The number of carbonyl (C=O) groups is 1. The lowest BCUT2D eigenvalue weighted by molar-refractivity contribution is -0.134. The number of nitrogens with zero attached hydrogens (tertiary/aromatic N) is 5. The molecular formula is C21H23N5O2. The van der Waals surface area contributed by atoms with E-state index in [1.807, 2.05) is 53.0 Å². The first-order valence-corrected chi connectivity index (χ1v) is 9.90. The highest BCUT2D eigenvalue weighted by Crippen LogP contribution is 2.31. The summed E-state index contributed by atoms with van der Waals surface area (Å²) in [4.78, 5) is 32.8. The van der Waals surface area contributed by atoms with Gasteiger partial charge in [-0.15, -0.1) is 0 Å². The summed E-state index contributed by atoms with van der Waals surface area (Å²) in [6, 6.07) is 9.62. The molecular weight excluding hydrogens is 354 g/mol. The molecule has 5 rings (SSSR count). The van der Waals surface area contributed by atoms with Gasteiger partial charge in [0, 0.05) is 38.2 Å². The van der Waals surface area contributed by atoms with Gasteiger partial charge in [0.2, 0.25) is 5.91 Å². The molecule has 0 radical (unpaired) electrons. The van der Waals surface area contributed by atoms with E-state index in [0.29, 0.717) is 31.3 Å². The van der Waals surface area contributed by atoms with Crippen molar-refractivity contribution in [2.75, 3.05) is 0 Å². The summed E-state index contributed by atoms with van der Waals surface area (Å²) >= 11 is 0. The van der Waals surface area contributed by atoms with Crippen molar-refractivity contribution < 1.29 is 4.79 Å². The van der Waals surface area contributed by atoms with E-state index in [2.05, 4.69) is 5.10 Å². The van der Waals surface area contributed by atoms with Crippen LogP contribution in [0.5, 0.6) is 0 Å². The van der Waals surface area contributed by atoms with Crippen LogP contribution in [0.4, 0.5) is 0 Å². The quantitative estimate of drug-likeness (QED) is 0.699. The minimum Gasteiger partial charge on any atom is -0.334 e. The fraction of sp³-hybridized carbons (Fsp3) is 0.429. The molecule has 28 heavy (non-hydrogen) atoms. The Hall–Kier alpha value is -2.96. The van der Waals surface area contributed by atoms with Crippen LogP contribution in [0.15, 0.2) is 41.3 Å². The normalized spacial score (nSPS) is 21.0. The Bertz CT molecular complexity index is 1120. The molecule has 0 saturated carbocycles. The Morgan fingerprint density at radius 2 is 2.00 bits per heavy atom. The van der Waals surface area contributed by atoms with Gasteiger partial charge < -0.3 is 4.90 Å². The van der Waals surface area contributed by atoms with Crippen LogP contribution >= 0.6 is 0 Å². The summed E-state index contributed by atoms with van der Waals surface area (Å²) in [5.41, 5.74) is 1.70. The third-order valence-corrected chi connectivity index (χ3v) is 5.99. The minimum atomic E-state index is 0.00700. The molecule has 0 aliphatic carbocycles. The van der Waals surface area contributed by atoms with Crippen LogP contribution in [-0.2, 0) is 24.3 Å². The van der Waals surface area contributed by atoms with E-state index >= 15 is 0 Å². The first-order valence-electron chi connectivity index (χ1n) is 9.90. The van der Waals surface area contributed by atoms with Crippen LogP contribution in [0.25, 0.3) is 10.9 Å². The zero-order valence-electron chi connectivity index (χ0n) is 15.9. The van der Waals surface area contributed by atoms with Crippen LogP contribution < -0.4 is 5.56 Å². The Kier molecular flexibility index (Phi) is 4.03. The summed E-state index contributed by atoms with van der Waals surface area (Å²) in [6.07, 6.45) is 4.89. The number of aromatic nitrogens is 4. The molecule has 7 heteroatoms. The average Bonchev–Trinajstić information content (AvgIpc) is 3.23. The number of benzene rings is 1. The maximum absolute atomic E-state index is 13.0. The van der Waals surface area contributed by atoms with E-state index in [-0.39, 0.29) is 23.6 Å². The van der Waals surface area contributed by atoms with Crippen molar-refractivity contribution in [1.29, 1.82) is 0 Å². The molecule has 1 amide bonds. The Balaban J connectivity index is 1.42. The van der Waals surface area contributed by atoms with E-state index < -0.39 is 0 Å². The smallest absolute Gasteiger partial charge is 0.261 e. The number of amides is 1. The lowest BCUT2D eigenvalue weighted by Crippen LogP contribution is -2.42. The van der Waals surface area contributed by atoms with Crippen LogP contribution in [0.2, 0.25) is 0 Å². The van der Waals surface area contributed by atoms with Gasteiger partial charge in [0.1, 0.15) is 5.82 Å². The van der Waals surface area contributed by atoms with Crippen molar-refractivity contribution in [3.63, 3.8) is 0 Å². The van der Waals surface area contributed by atoms with Gasteiger partial charge >= 0.3 is 0 Å². The second-order valence-corrected chi connectivity index (χ2v) is 7.82. The maximum Gasteiger partial charge on any atom is 0.261 e. The van der Waals surface area contributed by atoms with Crippen LogP contribution in [0.1, 0.15) is 30.8 Å². The standard InChI is InChI=1S/C21H23N5O2/c1-14-8-10-24(23-14)11-9-20(27)26-15-6-7-16(26)13-25-19(12-15)22-18-5-3-2-4-17(18)21(25)28/h2-5,8,10,15-16H,6-7,9,11-13H2,1H3. The second kappa shape index (κ2) is 6.58. The lowest BCUT2D eigenvalue weighted by Gasteiger charge is -2.28. The largest absolute Gasteiger partial charge is 0.334 e. The molecule has 1 aromatic carbocycles. The number of aryl methyl sites for hydroxylation is 2. The monoisotopic (exact) mass is 377 g/mol. The first-order chi connectivity index (χ1) is 13.6. The van der Waals surface area contributed by atoms with E-state index in [0.717, 1.165) is 29.9 Å². The summed E-state index contributed by atoms with van der Waals surface area (Å²) in [5, 5.41) is 5.01. The highest BCUT2D eigenvalue weighted by atomic mass is 16.2. The van der Waals surface area contributed by atoms with Gasteiger partial charge in [-0.05, 0) is 38.0 Å². The molecule has 2 bridgehead atoms. The van der Waals surface area contributed by atoms with Crippen molar-refractivity contribution >= 4 is 16.8 Å². The Morgan fingerprint density at radius 1 is 1.18 bits per heavy atom. The molecule has 2 unspecified atom stereocenters. The van der Waals surface area contributed by atoms with E-state index in [1.54, 1.807) is 4.57 Å². The molecule has 2 atom stereocenters. The fourth-order valence-corrected chi connectivity index (χ4v) is 4.65. The molecule has 1 saturated heterocycles. The van der Waals surface area contributed by atoms with Gasteiger partial charge in [-0.1, -0.05) is 12.1 Å². The highest BCUT2D eigenvalue weighted by molar-refractivity contribution is 5.78. The summed E-state index contributed by atoms with van der Waals surface area (Å²) in [7, 11) is 0. The second-order valence-electron chi connectivity index (χ2n) is 7.82. The fourth-order valence-electron chi connectivity index (χ4n) is 4.65. The number of fused-ring (bicyclic) bond motifs is 4. The SMILES string of the molecule is Cc1ccn(CCC(=O)N2C3CCC2Cn2c(nc4ccccc4c2=O)C3)n1. The van der Waals surface area contributed by atoms with Gasteiger partial charge in [-0.2, -0.15) is 5.10 Å². The predicted molar refractivity (Wildman–Crippen MR) is 105 cm³/mol. The average molecular weight is 377 g/mol. The molecule has 144 valence electrons. The van der Waals surface area contributed by atoms with Gasteiger partial charge in [0.15, 0.2) is 0 Å². The molecule has 4 heterocycles. The Morgan fingerprint density at radius 3 is 2.82 bits per heavy atom. The summed E-state index contributed by atoms with van der Waals surface area (Å²) < 4.78 is 3.61. The van der Waals surface area contributed by atoms with Gasteiger partial charge in [0.25, 0.3) is 5.56 Å². The molecule has 2 aliphatic heterocycles. The van der Waals surface area contributed by atoms with Crippen molar-refractivity contribution in [2.45, 2.75) is 57.8 Å². The molecule has 1 fully saturated rings. The van der Waals surface area contributed by atoms with Crippen LogP contribution in [0, 0.1) is 6.92 Å². The van der Waals surface area contributed by atoms with Crippen LogP contribution in [0.3, 0.4) is 0 Å². The zero-order chi connectivity index (χ0) is 19.3. The number of hydrogen-bond donors (Lipinski definition) is 0. The van der Waals surface area contributed by atoms with Crippen molar-refractivity contribution in [3.05, 3.63) is 58.4 Å². The van der Waals surface area contributed by atoms with Gasteiger partial charge in [-0.3, -0.25) is 18.8 Å². The Labute approximate surface area is 162 Å². The topological polar surface area (TPSA) is 73.0 Å². The van der Waals surface area contributed by atoms with Crippen LogP contribution in [-0.4, -0.2) is 42.2 Å². The molecule has 2 aromatic heterocycles. The molecule has 7 nitrogen and oxygen atoms in total. The highest BCUT2D eigenvalue weighted by Gasteiger charge is 2.40. The maximum atomic E-state index is 13.0. The van der Waals surface area contributed by atoms with E-state index in [9.17, 15) is 9.59 Å². The van der Waals surface area contributed by atoms with Gasteiger partial charge in [-0.25, -0.2) is 4.98 Å². The molecule has 3 aromatic rings.